The number of benzene rings is 3. The number of esters is 2. The van der Waals surface area contributed by atoms with Crippen molar-refractivity contribution in [3.63, 3.8) is 0 Å². The van der Waals surface area contributed by atoms with Crippen LogP contribution in [-0.4, -0.2) is 93.3 Å². The van der Waals surface area contributed by atoms with E-state index < -0.39 is 18.9 Å². The van der Waals surface area contributed by atoms with E-state index in [0.29, 0.717) is 68.4 Å². The van der Waals surface area contributed by atoms with Gasteiger partial charge in [-0.2, -0.15) is 23.5 Å². The fourth-order valence-electron chi connectivity index (χ4n) is 5.06. The lowest BCUT2D eigenvalue weighted by atomic mass is 10.0. The number of rotatable bonds is 27. The number of hydrogen-bond acceptors (Lipinski definition) is 12. The summed E-state index contributed by atoms with van der Waals surface area (Å²) in [6.45, 7) is 8.51. The van der Waals surface area contributed by atoms with E-state index in [1.54, 1.807) is 53.9 Å². The van der Waals surface area contributed by atoms with Crippen molar-refractivity contribution < 1.29 is 47.2 Å². The molecule has 0 saturated carbocycles. The topological polar surface area (TPSA) is 124 Å². The Hall–Kier alpha value is -2.96. The highest BCUT2D eigenvalue weighted by molar-refractivity contribution is 7.99. The third-order valence-electron chi connectivity index (χ3n) is 7.49. The van der Waals surface area contributed by atoms with Crippen LogP contribution in [0, 0.1) is 20.8 Å². The molecule has 0 fully saturated rings. The van der Waals surface area contributed by atoms with Crippen molar-refractivity contribution in [2.75, 3.05) is 75.9 Å². The van der Waals surface area contributed by atoms with Crippen LogP contribution in [0.25, 0.3) is 0 Å². The number of thioether (sulfide) groups is 2. The second kappa shape index (κ2) is 25.1. The highest BCUT2D eigenvalue weighted by atomic mass is 32.2. The summed E-state index contributed by atoms with van der Waals surface area (Å²) in [5.41, 5.74) is 3.40. The summed E-state index contributed by atoms with van der Waals surface area (Å²) in [5.74, 6) is 2.13. The summed E-state index contributed by atoms with van der Waals surface area (Å²) in [7, 11) is -3.96. The number of carbonyl (C=O) groups excluding carboxylic acids is 3. The predicted molar refractivity (Wildman–Crippen MR) is 208 cm³/mol. The van der Waals surface area contributed by atoms with Gasteiger partial charge >= 0.3 is 19.3 Å². The molecule has 0 aromatic heterocycles. The van der Waals surface area contributed by atoms with E-state index in [0.717, 1.165) is 33.8 Å². The van der Waals surface area contributed by atoms with Gasteiger partial charge in [0.15, 0.2) is 0 Å². The molecule has 1 unspecified atom stereocenters. The van der Waals surface area contributed by atoms with Crippen LogP contribution in [0.4, 0.5) is 0 Å². The molecular formula is C39H51O10PS2. The minimum absolute atomic E-state index is 0.112. The molecule has 0 heterocycles. The van der Waals surface area contributed by atoms with Gasteiger partial charge in [0.2, 0.25) is 0 Å². The van der Waals surface area contributed by atoms with Crippen LogP contribution in [0.3, 0.4) is 0 Å². The van der Waals surface area contributed by atoms with Crippen molar-refractivity contribution in [1.82, 2.24) is 0 Å². The quantitative estimate of drug-likeness (QED) is 0.0452. The fourth-order valence-corrected chi connectivity index (χ4v) is 8.60. The molecule has 3 aromatic carbocycles. The molecule has 3 aromatic rings. The molecular weight excluding hydrogens is 724 g/mol. The Labute approximate surface area is 316 Å². The Bertz CT molecular complexity index is 1530. The maximum atomic E-state index is 14.1. The van der Waals surface area contributed by atoms with Crippen LogP contribution in [0.15, 0.2) is 72.8 Å². The van der Waals surface area contributed by atoms with E-state index in [9.17, 15) is 18.9 Å². The summed E-state index contributed by atoms with van der Waals surface area (Å²) in [6.07, 6.45) is 0.564. The zero-order chi connectivity index (χ0) is 37.4. The number of aryl methyl sites for hydroxylation is 3. The molecule has 0 aliphatic carbocycles. The molecule has 52 heavy (non-hydrogen) atoms. The summed E-state index contributed by atoms with van der Waals surface area (Å²) >= 11 is 3.22. The number of carbonyl (C=O) groups is 3. The van der Waals surface area contributed by atoms with Crippen molar-refractivity contribution in [3.8, 4) is 0 Å². The molecule has 1 atom stereocenters. The first kappa shape index (κ1) is 43.4. The highest BCUT2D eigenvalue weighted by Crippen LogP contribution is 2.50. The van der Waals surface area contributed by atoms with E-state index in [1.807, 2.05) is 63.2 Å². The van der Waals surface area contributed by atoms with E-state index in [-0.39, 0.29) is 32.2 Å². The van der Waals surface area contributed by atoms with Crippen LogP contribution in [0.1, 0.15) is 45.5 Å². The largest absolute Gasteiger partial charge is 0.463 e. The maximum Gasteiger partial charge on any atom is 0.306 e. The van der Waals surface area contributed by atoms with Crippen LogP contribution in [0.5, 0.6) is 0 Å². The lowest BCUT2D eigenvalue weighted by molar-refractivity contribution is -0.145. The van der Waals surface area contributed by atoms with Crippen molar-refractivity contribution in [3.05, 3.63) is 101 Å². The van der Waals surface area contributed by atoms with Crippen LogP contribution in [0.2, 0.25) is 0 Å². The Morgan fingerprint density at radius 2 is 1.10 bits per heavy atom. The van der Waals surface area contributed by atoms with E-state index in [4.69, 9.17) is 28.2 Å². The number of ether oxygens (including phenoxy) is 5. The average molecular weight is 775 g/mol. The monoisotopic (exact) mass is 774 g/mol. The minimum atomic E-state index is -3.96. The second-order valence-electron chi connectivity index (χ2n) is 11.7. The van der Waals surface area contributed by atoms with Gasteiger partial charge < -0.3 is 28.2 Å². The summed E-state index contributed by atoms with van der Waals surface area (Å²) < 4.78 is 47.0. The Morgan fingerprint density at radius 1 is 0.596 bits per heavy atom. The normalized spacial score (nSPS) is 12.3. The molecule has 10 nitrogen and oxygen atoms in total. The second-order valence-corrected chi connectivity index (χ2v) is 16.5. The molecule has 0 radical (unpaired) electrons. The van der Waals surface area contributed by atoms with Gasteiger partial charge in [-0.15, -0.1) is 0 Å². The Morgan fingerprint density at radius 3 is 1.65 bits per heavy atom. The highest BCUT2D eigenvalue weighted by Gasteiger charge is 2.37. The molecule has 0 spiro atoms. The maximum absolute atomic E-state index is 14.1. The average Bonchev–Trinajstić information content (AvgIpc) is 3.13. The Balaban J connectivity index is 1.15. The number of hydrogen-bond donors (Lipinski definition) is 0. The van der Waals surface area contributed by atoms with Gasteiger partial charge in [-0.3, -0.25) is 18.9 Å². The standard InChI is InChI=1S/C39H51O10PS2/c1-31-28-32(2)38(33(3)29-31)39(42)50(43,35-12-8-5-9-13-35)49-21-20-48-37(41)15-25-52-27-23-45-17-16-44-22-26-51-24-14-36(40)47-19-18-46-30-34-10-6-4-7-11-34/h4-13,28-29H,14-27,30H2,1-3H3. The third kappa shape index (κ3) is 16.4. The van der Waals surface area contributed by atoms with Gasteiger partial charge in [0.1, 0.15) is 13.2 Å². The lowest BCUT2D eigenvalue weighted by Gasteiger charge is -2.20. The van der Waals surface area contributed by atoms with Gasteiger partial charge in [0.25, 0.3) is 5.52 Å². The first-order valence-electron chi connectivity index (χ1n) is 17.4. The molecule has 0 bridgehead atoms. The SMILES string of the molecule is Cc1cc(C)c(C(=O)P(=O)(OCCOC(=O)CCSCCOCCOCCSCCC(=O)OCCOCc2ccccc2)c2ccccc2)c(C)c1. The van der Waals surface area contributed by atoms with E-state index >= 15 is 0 Å². The molecule has 0 amide bonds. The zero-order valence-electron chi connectivity index (χ0n) is 30.4. The first-order valence-corrected chi connectivity index (χ1v) is 21.3. The Kier molecular flexibility index (Phi) is 21.0. The summed E-state index contributed by atoms with van der Waals surface area (Å²) in [5, 5.41) is 0.304. The molecule has 0 saturated heterocycles. The van der Waals surface area contributed by atoms with Crippen LogP contribution < -0.4 is 5.30 Å². The summed E-state index contributed by atoms with van der Waals surface area (Å²) in [6, 6.07) is 22.1. The van der Waals surface area contributed by atoms with Gasteiger partial charge in [-0.05, 0) is 49.6 Å². The summed E-state index contributed by atoms with van der Waals surface area (Å²) in [4.78, 5) is 37.7. The fraction of sp³-hybridized carbons (Fsp3) is 0.462. The van der Waals surface area contributed by atoms with Crippen molar-refractivity contribution in [2.24, 2.45) is 0 Å². The molecule has 13 heteroatoms. The molecule has 3 rings (SSSR count). The smallest absolute Gasteiger partial charge is 0.306 e. The predicted octanol–water partition coefficient (Wildman–Crippen LogP) is 6.96. The van der Waals surface area contributed by atoms with Gasteiger partial charge in [0, 0.05) is 33.9 Å². The van der Waals surface area contributed by atoms with E-state index in [1.165, 1.54) is 0 Å². The minimum Gasteiger partial charge on any atom is -0.463 e. The van der Waals surface area contributed by atoms with Crippen molar-refractivity contribution in [2.45, 2.75) is 40.2 Å². The van der Waals surface area contributed by atoms with Gasteiger partial charge in [-0.25, -0.2) is 0 Å². The van der Waals surface area contributed by atoms with E-state index in [2.05, 4.69) is 0 Å². The van der Waals surface area contributed by atoms with Crippen LogP contribution in [-0.2, 0) is 49.0 Å². The van der Waals surface area contributed by atoms with Gasteiger partial charge in [0.05, 0.1) is 59.1 Å². The van der Waals surface area contributed by atoms with Crippen molar-refractivity contribution >= 4 is 53.7 Å². The lowest BCUT2D eigenvalue weighted by Crippen LogP contribution is -2.20. The van der Waals surface area contributed by atoms with Crippen LogP contribution >= 0.6 is 30.9 Å². The molecule has 0 aliphatic heterocycles. The molecule has 0 N–H and O–H groups in total. The van der Waals surface area contributed by atoms with Gasteiger partial charge in [-0.1, -0.05) is 66.2 Å². The third-order valence-corrected chi connectivity index (χ3v) is 11.7. The first-order chi connectivity index (χ1) is 25.2. The van der Waals surface area contributed by atoms with Crippen molar-refractivity contribution in [1.29, 1.82) is 0 Å². The molecule has 0 aliphatic rings. The zero-order valence-corrected chi connectivity index (χ0v) is 32.9. The molecule has 284 valence electrons.